The average Bonchev–Trinajstić information content (AvgIpc) is 3.33. The van der Waals surface area contributed by atoms with E-state index in [1.165, 1.54) is 51.4 Å². The highest BCUT2D eigenvalue weighted by Gasteiger charge is 2.19. The normalized spacial score (nSPS) is 13.1. The Kier molecular flexibility index (Phi) is 51.0. The van der Waals surface area contributed by atoms with Gasteiger partial charge >= 0.3 is 17.9 Å². The van der Waals surface area contributed by atoms with Crippen LogP contribution in [0, 0.1) is 0 Å². The van der Waals surface area contributed by atoms with Crippen LogP contribution in [0.3, 0.4) is 0 Å². The van der Waals surface area contributed by atoms with Crippen molar-refractivity contribution in [2.75, 3.05) is 13.2 Å². The predicted molar refractivity (Wildman–Crippen MR) is 288 cm³/mol. The second-order valence-electron chi connectivity index (χ2n) is 17.4. The van der Waals surface area contributed by atoms with E-state index in [9.17, 15) is 14.4 Å². The van der Waals surface area contributed by atoms with E-state index >= 15 is 0 Å². The molecule has 1 unspecified atom stereocenters. The third kappa shape index (κ3) is 52.6. The molecule has 0 aromatic rings. The minimum absolute atomic E-state index is 0.0865. The average molecular weight is 927 g/mol. The largest absolute Gasteiger partial charge is 0.462 e. The van der Waals surface area contributed by atoms with Gasteiger partial charge in [0.15, 0.2) is 6.10 Å². The first-order valence-electron chi connectivity index (χ1n) is 27.0. The van der Waals surface area contributed by atoms with Crippen molar-refractivity contribution in [2.24, 2.45) is 0 Å². The van der Waals surface area contributed by atoms with Crippen LogP contribution in [0.1, 0.15) is 226 Å². The van der Waals surface area contributed by atoms with Gasteiger partial charge in [-0.15, -0.1) is 0 Å². The minimum atomic E-state index is -0.782. The lowest BCUT2D eigenvalue weighted by molar-refractivity contribution is -0.167. The zero-order valence-electron chi connectivity index (χ0n) is 43.1. The number of carbonyl (C=O) groups excluding carboxylic acids is 3. The highest BCUT2D eigenvalue weighted by atomic mass is 16.6. The van der Waals surface area contributed by atoms with Gasteiger partial charge in [-0.2, -0.15) is 0 Å². The molecule has 0 spiro atoms. The molecule has 1 atom stereocenters. The Bertz CT molecular complexity index is 1440. The van der Waals surface area contributed by atoms with E-state index in [-0.39, 0.29) is 31.1 Å². The summed E-state index contributed by atoms with van der Waals surface area (Å²) in [6.45, 7) is 6.39. The van der Waals surface area contributed by atoms with Crippen molar-refractivity contribution in [2.45, 2.75) is 232 Å². The molecule has 67 heavy (non-hydrogen) atoms. The van der Waals surface area contributed by atoms with Crippen molar-refractivity contribution < 1.29 is 28.6 Å². The summed E-state index contributed by atoms with van der Waals surface area (Å²) >= 11 is 0. The fraction of sp³-hybridized carbons (Fsp3) is 0.623. The van der Waals surface area contributed by atoms with E-state index in [1.807, 2.05) is 0 Å². The first-order chi connectivity index (χ1) is 33.0. The van der Waals surface area contributed by atoms with Crippen LogP contribution in [0.5, 0.6) is 0 Å². The van der Waals surface area contributed by atoms with E-state index < -0.39 is 6.10 Å². The molecule has 0 aliphatic heterocycles. The van der Waals surface area contributed by atoms with Gasteiger partial charge in [-0.3, -0.25) is 14.4 Å². The molecule has 0 aromatic heterocycles. The smallest absolute Gasteiger partial charge is 0.306 e. The van der Waals surface area contributed by atoms with Gasteiger partial charge in [-0.1, -0.05) is 232 Å². The van der Waals surface area contributed by atoms with E-state index in [0.717, 1.165) is 135 Å². The van der Waals surface area contributed by atoms with E-state index in [0.29, 0.717) is 19.3 Å². The number of hydrogen-bond donors (Lipinski definition) is 0. The Hall–Kier alpha value is -4.19. The first kappa shape index (κ1) is 62.8. The molecule has 0 aromatic carbocycles. The van der Waals surface area contributed by atoms with Gasteiger partial charge in [0.2, 0.25) is 0 Å². The second-order valence-corrected chi connectivity index (χ2v) is 17.4. The molecule has 0 N–H and O–H groups in total. The Labute approximate surface area is 412 Å². The van der Waals surface area contributed by atoms with Crippen LogP contribution in [0.2, 0.25) is 0 Å². The molecule has 378 valence electrons. The maximum absolute atomic E-state index is 12.6. The lowest BCUT2D eigenvalue weighted by Crippen LogP contribution is -2.30. The molecule has 0 aliphatic carbocycles. The highest BCUT2D eigenvalue weighted by molar-refractivity contribution is 5.71. The summed E-state index contributed by atoms with van der Waals surface area (Å²) in [6.07, 6.45) is 75.2. The highest BCUT2D eigenvalue weighted by Crippen LogP contribution is 2.13. The van der Waals surface area contributed by atoms with Crippen LogP contribution in [0.15, 0.2) is 122 Å². The van der Waals surface area contributed by atoms with Crippen molar-refractivity contribution in [3.05, 3.63) is 122 Å². The Balaban J connectivity index is 4.08. The summed E-state index contributed by atoms with van der Waals surface area (Å²) in [4.78, 5) is 37.5. The third-order valence-electron chi connectivity index (χ3n) is 11.0. The summed E-state index contributed by atoms with van der Waals surface area (Å²) in [5.74, 6) is -0.934. The molecule has 0 amide bonds. The number of unbranched alkanes of at least 4 members (excludes halogenated alkanes) is 16. The van der Waals surface area contributed by atoms with Crippen molar-refractivity contribution in [1.29, 1.82) is 0 Å². The van der Waals surface area contributed by atoms with Gasteiger partial charge in [-0.25, -0.2) is 0 Å². The van der Waals surface area contributed by atoms with Crippen LogP contribution in [-0.4, -0.2) is 37.2 Å². The fourth-order valence-corrected chi connectivity index (χ4v) is 6.94. The SMILES string of the molecule is CC/C=C\C/C=C\C/C=C\C/C=C\C/C=C\C/C=C\C/C=C\C/C=C\C/C=C\C/C=C\CCCCCCC(=O)OCC(COC(=O)CCCCCCCCC)OC(=O)CCCCCCCCC. The minimum Gasteiger partial charge on any atom is -0.462 e. The molecule has 0 saturated carbocycles. The van der Waals surface area contributed by atoms with Crippen LogP contribution in [-0.2, 0) is 28.6 Å². The van der Waals surface area contributed by atoms with Gasteiger partial charge in [0.25, 0.3) is 0 Å². The molecule has 0 bridgehead atoms. The molecule has 0 saturated heterocycles. The monoisotopic (exact) mass is 927 g/mol. The topological polar surface area (TPSA) is 78.9 Å². The Morgan fingerprint density at radius 2 is 0.582 bits per heavy atom. The summed E-state index contributed by atoms with van der Waals surface area (Å²) in [6, 6.07) is 0. The molecule has 0 fully saturated rings. The predicted octanol–water partition coefficient (Wildman–Crippen LogP) is 18.1. The Morgan fingerprint density at radius 3 is 0.910 bits per heavy atom. The van der Waals surface area contributed by atoms with E-state index in [4.69, 9.17) is 14.2 Å². The molecular formula is C61H98O6. The Morgan fingerprint density at radius 1 is 0.313 bits per heavy atom. The van der Waals surface area contributed by atoms with Gasteiger partial charge in [-0.05, 0) is 96.3 Å². The van der Waals surface area contributed by atoms with Crippen LogP contribution < -0.4 is 0 Å². The first-order valence-corrected chi connectivity index (χ1v) is 27.0. The maximum Gasteiger partial charge on any atom is 0.306 e. The molecule has 0 heterocycles. The van der Waals surface area contributed by atoms with Crippen molar-refractivity contribution in [1.82, 2.24) is 0 Å². The number of allylic oxidation sites excluding steroid dienone is 20. The molecular weight excluding hydrogens is 829 g/mol. The van der Waals surface area contributed by atoms with Gasteiger partial charge in [0, 0.05) is 19.3 Å². The molecule has 0 aliphatic rings. The molecule has 6 nitrogen and oxygen atoms in total. The number of rotatable bonds is 47. The maximum atomic E-state index is 12.6. The van der Waals surface area contributed by atoms with E-state index in [2.05, 4.69) is 142 Å². The van der Waals surface area contributed by atoms with Crippen molar-refractivity contribution in [3.8, 4) is 0 Å². The second kappa shape index (κ2) is 54.4. The lowest BCUT2D eigenvalue weighted by Gasteiger charge is -2.18. The summed E-state index contributed by atoms with van der Waals surface area (Å²) in [7, 11) is 0. The third-order valence-corrected chi connectivity index (χ3v) is 11.0. The number of carbonyl (C=O) groups is 3. The zero-order valence-corrected chi connectivity index (χ0v) is 43.1. The van der Waals surface area contributed by atoms with E-state index in [1.54, 1.807) is 0 Å². The summed E-state index contributed by atoms with van der Waals surface area (Å²) in [5.41, 5.74) is 0. The number of hydrogen-bond acceptors (Lipinski definition) is 6. The summed E-state index contributed by atoms with van der Waals surface area (Å²) < 4.78 is 16.6. The zero-order chi connectivity index (χ0) is 48.6. The van der Waals surface area contributed by atoms with Crippen LogP contribution in [0.25, 0.3) is 0 Å². The van der Waals surface area contributed by atoms with Crippen LogP contribution in [0.4, 0.5) is 0 Å². The lowest BCUT2D eigenvalue weighted by atomic mass is 10.1. The van der Waals surface area contributed by atoms with Crippen molar-refractivity contribution in [3.63, 3.8) is 0 Å². The molecule has 0 rings (SSSR count). The number of ether oxygens (including phenoxy) is 3. The molecule has 6 heteroatoms. The molecule has 0 radical (unpaired) electrons. The quantitative estimate of drug-likeness (QED) is 0.0262. The van der Waals surface area contributed by atoms with Gasteiger partial charge in [0.05, 0.1) is 0 Å². The van der Waals surface area contributed by atoms with Crippen molar-refractivity contribution >= 4 is 17.9 Å². The van der Waals surface area contributed by atoms with Gasteiger partial charge in [0.1, 0.15) is 13.2 Å². The standard InChI is InChI=1S/C61H98O6/c1-4-7-10-13-16-17-18-19-20-21-22-23-24-25-26-27-28-29-30-31-32-33-34-35-36-37-38-39-40-41-42-43-46-48-51-54-60(63)66-57-58(67-61(64)55-52-49-45-15-12-9-6-3)56-65-59(62)53-50-47-44-14-11-8-5-2/h7,10,16-17,19-20,22-23,25-26,28-29,31-32,34-35,37-38,40-41,58H,4-6,8-9,11-15,18,21,24,27,30,33,36,39,42-57H2,1-3H3/b10-7-,17-16-,20-19-,23-22-,26-25-,29-28-,32-31-,35-34-,38-37-,41-40-. The van der Waals surface area contributed by atoms with Gasteiger partial charge < -0.3 is 14.2 Å². The fourth-order valence-electron chi connectivity index (χ4n) is 6.94. The van der Waals surface area contributed by atoms with Crippen LogP contribution >= 0.6 is 0 Å². The summed E-state index contributed by atoms with van der Waals surface area (Å²) in [5, 5.41) is 0. The number of esters is 3.